The second-order valence-electron chi connectivity index (χ2n) is 7.68. The van der Waals surface area contributed by atoms with E-state index in [1.54, 1.807) is 0 Å². The second-order valence-corrected chi connectivity index (χ2v) is 7.68. The topological polar surface area (TPSA) is 26.0 Å². The quantitative estimate of drug-likeness (QED) is 0.543. The van der Waals surface area contributed by atoms with Crippen LogP contribution in [0.5, 0.6) is 0 Å². The summed E-state index contributed by atoms with van der Waals surface area (Å²) in [6.07, 6.45) is 16.2. The molecule has 2 aliphatic rings. The van der Waals surface area contributed by atoms with Gasteiger partial charge in [0.05, 0.1) is 0 Å². The lowest BCUT2D eigenvalue weighted by atomic mass is 9.77. The lowest BCUT2D eigenvalue weighted by Gasteiger charge is -2.28. The van der Waals surface area contributed by atoms with E-state index >= 15 is 0 Å². The van der Waals surface area contributed by atoms with Crippen molar-refractivity contribution in [1.29, 1.82) is 0 Å². The molecule has 2 N–H and O–H groups in total. The molecule has 0 unspecified atom stereocenters. The molecule has 1 aromatic rings. The van der Waals surface area contributed by atoms with E-state index in [1.807, 2.05) is 12.1 Å². The largest absolute Gasteiger partial charge is 0.399 e. The minimum atomic E-state index is 0.751. The highest BCUT2D eigenvalue weighted by atomic mass is 14.5. The van der Waals surface area contributed by atoms with Crippen LogP contribution in [0.15, 0.2) is 36.4 Å². The van der Waals surface area contributed by atoms with Gasteiger partial charge >= 0.3 is 0 Å². The number of nitrogens with two attached hydrogens (primary N) is 1. The molecule has 120 valence electrons. The molecule has 1 heteroatoms. The van der Waals surface area contributed by atoms with Crippen LogP contribution in [0.3, 0.4) is 0 Å². The van der Waals surface area contributed by atoms with Crippen LogP contribution in [0.4, 0.5) is 5.69 Å². The van der Waals surface area contributed by atoms with Gasteiger partial charge in [0.2, 0.25) is 0 Å². The Bertz CT molecular complexity index is 471. The van der Waals surface area contributed by atoms with Gasteiger partial charge in [0.1, 0.15) is 0 Å². The minimum Gasteiger partial charge on any atom is -0.399 e. The van der Waals surface area contributed by atoms with Crippen LogP contribution in [0.25, 0.3) is 0 Å². The van der Waals surface area contributed by atoms with Crippen molar-refractivity contribution in [1.82, 2.24) is 0 Å². The number of anilines is 1. The van der Waals surface area contributed by atoms with E-state index in [-0.39, 0.29) is 0 Å². The van der Waals surface area contributed by atoms with Crippen LogP contribution in [0, 0.1) is 17.8 Å². The fourth-order valence-corrected chi connectivity index (χ4v) is 4.21. The fourth-order valence-electron chi connectivity index (χ4n) is 4.21. The van der Waals surface area contributed by atoms with Gasteiger partial charge in [0.15, 0.2) is 0 Å². The van der Waals surface area contributed by atoms with E-state index in [0.29, 0.717) is 0 Å². The Labute approximate surface area is 136 Å². The van der Waals surface area contributed by atoms with Crippen LogP contribution < -0.4 is 5.73 Å². The summed E-state index contributed by atoms with van der Waals surface area (Å²) in [6.45, 7) is 2.40. The van der Waals surface area contributed by atoms with Crippen molar-refractivity contribution in [3.8, 4) is 0 Å². The molecule has 2 aliphatic carbocycles. The van der Waals surface area contributed by atoms with Gasteiger partial charge in [-0.1, -0.05) is 44.1 Å². The lowest BCUT2D eigenvalue weighted by Crippen LogP contribution is -2.13. The molecule has 0 saturated heterocycles. The van der Waals surface area contributed by atoms with Crippen molar-refractivity contribution < 1.29 is 0 Å². The summed E-state index contributed by atoms with van der Waals surface area (Å²) in [6, 6.07) is 8.54. The normalized spacial score (nSPS) is 33.1. The molecule has 0 bridgehead atoms. The Hall–Kier alpha value is -1.24. The maximum atomic E-state index is 5.79. The van der Waals surface area contributed by atoms with E-state index in [1.165, 1.54) is 56.9 Å². The van der Waals surface area contributed by atoms with Gasteiger partial charge in [-0.25, -0.2) is 0 Å². The molecule has 0 spiro atoms. The minimum absolute atomic E-state index is 0.751. The van der Waals surface area contributed by atoms with E-state index in [2.05, 4.69) is 31.2 Å². The van der Waals surface area contributed by atoms with Gasteiger partial charge in [0.25, 0.3) is 0 Å². The predicted molar refractivity (Wildman–Crippen MR) is 95.8 cm³/mol. The third kappa shape index (κ3) is 4.15. The summed E-state index contributed by atoms with van der Waals surface area (Å²) < 4.78 is 0. The Balaban J connectivity index is 1.46. The number of hydrogen-bond donors (Lipinski definition) is 1. The summed E-state index contributed by atoms with van der Waals surface area (Å²) in [5, 5.41) is 0. The Morgan fingerprint density at radius 2 is 1.27 bits per heavy atom. The van der Waals surface area contributed by atoms with E-state index < -0.39 is 0 Å². The SMILES string of the molecule is CC1CCC(/C=C/C2CCC(c3ccc(N)cc3)CC2)CC1. The molecule has 2 saturated carbocycles. The monoisotopic (exact) mass is 297 g/mol. The molecule has 0 heterocycles. The highest BCUT2D eigenvalue weighted by molar-refractivity contribution is 5.40. The van der Waals surface area contributed by atoms with Crippen molar-refractivity contribution in [2.75, 3.05) is 5.73 Å². The lowest BCUT2D eigenvalue weighted by molar-refractivity contribution is 0.327. The van der Waals surface area contributed by atoms with Crippen molar-refractivity contribution in [2.45, 2.75) is 64.2 Å². The van der Waals surface area contributed by atoms with Crippen molar-refractivity contribution >= 4 is 5.69 Å². The van der Waals surface area contributed by atoms with Crippen molar-refractivity contribution in [3.63, 3.8) is 0 Å². The fraction of sp³-hybridized carbons (Fsp3) is 0.619. The Kier molecular flexibility index (Phi) is 5.23. The average Bonchev–Trinajstić information content (AvgIpc) is 2.56. The number of nitrogen functional groups attached to an aromatic ring is 1. The first-order valence-corrected chi connectivity index (χ1v) is 9.24. The molecule has 0 radical (unpaired) electrons. The summed E-state index contributed by atoms with van der Waals surface area (Å²) >= 11 is 0. The predicted octanol–water partition coefficient (Wildman–Crippen LogP) is 5.93. The van der Waals surface area contributed by atoms with Crippen LogP contribution in [-0.2, 0) is 0 Å². The van der Waals surface area contributed by atoms with Gasteiger partial charge in [-0.3, -0.25) is 0 Å². The molecule has 1 nitrogen and oxygen atoms in total. The molecular formula is C21H31N. The number of allylic oxidation sites excluding steroid dienone is 2. The maximum Gasteiger partial charge on any atom is 0.0314 e. The highest BCUT2D eigenvalue weighted by Gasteiger charge is 2.21. The van der Waals surface area contributed by atoms with Crippen molar-refractivity contribution in [2.24, 2.45) is 17.8 Å². The zero-order valence-electron chi connectivity index (χ0n) is 14.0. The smallest absolute Gasteiger partial charge is 0.0314 e. The van der Waals surface area contributed by atoms with Crippen LogP contribution >= 0.6 is 0 Å². The molecule has 2 fully saturated rings. The zero-order valence-corrected chi connectivity index (χ0v) is 14.0. The molecule has 1 aromatic carbocycles. The summed E-state index contributed by atoms with van der Waals surface area (Å²) in [5.74, 6) is 3.40. The number of rotatable bonds is 3. The summed E-state index contributed by atoms with van der Waals surface area (Å²) in [7, 11) is 0. The van der Waals surface area contributed by atoms with Crippen LogP contribution in [0.1, 0.15) is 69.8 Å². The first-order valence-electron chi connectivity index (χ1n) is 9.24. The van der Waals surface area contributed by atoms with Gasteiger partial charge in [-0.15, -0.1) is 0 Å². The molecule has 0 aliphatic heterocycles. The standard InChI is InChI=1S/C21H31N/c1-16-2-4-17(5-3-16)6-7-18-8-10-19(11-9-18)20-12-14-21(22)15-13-20/h6-7,12-19H,2-5,8-11,22H2,1H3/b7-6+. The van der Waals surface area contributed by atoms with E-state index in [4.69, 9.17) is 5.73 Å². The van der Waals surface area contributed by atoms with E-state index in [9.17, 15) is 0 Å². The number of hydrogen-bond acceptors (Lipinski definition) is 1. The molecule has 0 amide bonds. The first-order chi connectivity index (χ1) is 10.7. The van der Waals surface area contributed by atoms with Gasteiger partial charge in [-0.05, 0) is 79.9 Å². The van der Waals surface area contributed by atoms with Crippen LogP contribution in [0.2, 0.25) is 0 Å². The zero-order chi connectivity index (χ0) is 15.4. The molecule has 3 rings (SSSR count). The van der Waals surface area contributed by atoms with Crippen molar-refractivity contribution in [3.05, 3.63) is 42.0 Å². The second kappa shape index (κ2) is 7.35. The highest BCUT2D eigenvalue weighted by Crippen LogP contribution is 2.37. The molecule has 22 heavy (non-hydrogen) atoms. The van der Waals surface area contributed by atoms with Crippen LogP contribution in [-0.4, -0.2) is 0 Å². The Morgan fingerprint density at radius 1 is 0.773 bits per heavy atom. The van der Waals surface area contributed by atoms with Gasteiger partial charge in [0, 0.05) is 5.69 Å². The van der Waals surface area contributed by atoms with Gasteiger partial charge < -0.3 is 5.73 Å². The van der Waals surface area contributed by atoms with Gasteiger partial charge in [-0.2, -0.15) is 0 Å². The summed E-state index contributed by atoms with van der Waals surface area (Å²) in [5.41, 5.74) is 8.15. The Morgan fingerprint density at radius 3 is 1.82 bits per heavy atom. The third-order valence-corrected chi connectivity index (χ3v) is 5.90. The third-order valence-electron chi connectivity index (χ3n) is 5.90. The molecule has 0 atom stereocenters. The van der Waals surface area contributed by atoms with E-state index in [0.717, 1.165) is 29.4 Å². The maximum absolute atomic E-state index is 5.79. The average molecular weight is 297 g/mol. The molecular weight excluding hydrogens is 266 g/mol. The molecule has 0 aromatic heterocycles. The summed E-state index contributed by atoms with van der Waals surface area (Å²) in [4.78, 5) is 0. The first kappa shape index (κ1) is 15.6. The number of benzene rings is 1.